The van der Waals surface area contributed by atoms with Crippen molar-refractivity contribution in [2.75, 3.05) is 5.32 Å². The van der Waals surface area contributed by atoms with Gasteiger partial charge in [-0.2, -0.15) is 5.10 Å². The second-order valence-corrected chi connectivity index (χ2v) is 5.81. The molecule has 0 aliphatic heterocycles. The fourth-order valence-electron chi connectivity index (χ4n) is 2.14. The fraction of sp³-hybridized carbons (Fsp3) is 0.0588. The van der Waals surface area contributed by atoms with E-state index in [0.29, 0.717) is 28.0 Å². The zero-order chi connectivity index (χ0) is 16.2. The molecule has 23 heavy (non-hydrogen) atoms. The van der Waals surface area contributed by atoms with E-state index in [1.165, 1.54) is 6.07 Å². The van der Waals surface area contributed by atoms with Crippen molar-refractivity contribution in [1.29, 1.82) is 0 Å². The molecule has 4 nitrogen and oxygen atoms in total. The lowest BCUT2D eigenvalue weighted by Gasteiger charge is -2.05. The van der Waals surface area contributed by atoms with E-state index in [4.69, 9.17) is 23.2 Å². The lowest BCUT2D eigenvalue weighted by molar-refractivity contribution is 0.102. The molecule has 3 rings (SSSR count). The molecule has 1 N–H and O–H groups in total. The van der Waals surface area contributed by atoms with E-state index >= 15 is 0 Å². The molecule has 0 bridgehead atoms. The number of aromatic nitrogens is 2. The van der Waals surface area contributed by atoms with Gasteiger partial charge in [0.15, 0.2) is 5.82 Å². The van der Waals surface area contributed by atoms with Crippen molar-refractivity contribution in [3.8, 4) is 0 Å². The van der Waals surface area contributed by atoms with Gasteiger partial charge in [0.25, 0.3) is 5.91 Å². The molecule has 0 saturated heterocycles. The van der Waals surface area contributed by atoms with Gasteiger partial charge in [-0.25, -0.2) is 0 Å². The maximum absolute atomic E-state index is 12.3. The molecule has 0 aliphatic carbocycles. The zero-order valence-electron chi connectivity index (χ0n) is 12.0. The summed E-state index contributed by atoms with van der Waals surface area (Å²) in [5.74, 6) is 0.115. The van der Waals surface area contributed by atoms with Crippen molar-refractivity contribution in [2.45, 2.75) is 6.54 Å². The van der Waals surface area contributed by atoms with Crippen molar-refractivity contribution >= 4 is 34.9 Å². The van der Waals surface area contributed by atoms with E-state index in [1.807, 2.05) is 36.5 Å². The van der Waals surface area contributed by atoms with Gasteiger partial charge in [0, 0.05) is 17.3 Å². The quantitative estimate of drug-likeness (QED) is 0.757. The maximum atomic E-state index is 12.3. The third-order valence-corrected chi connectivity index (χ3v) is 3.81. The van der Waals surface area contributed by atoms with Gasteiger partial charge >= 0.3 is 0 Å². The van der Waals surface area contributed by atoms with Crippen LogP contribution >= 0.6 is 23.2 Å². The van der Waals surface area contributed by atoms with Crippen LogP contribution in [0.5, 0.6) is 0 Å². The highest BCUT2D eigenvalue weighted by Gasteiger charge is 2.12. The van der Waals surface area contributed by atoms with E-state index in [1.54, 1.807) is 22.9 Å². The first-order valence-electron chi connectivity index (χ1n) is 6.95. The predicted octanol–water partition coefficient (Wildman–Crippen LogP) is 4.49. The lowest BCUT2D eigenvalue weighted by atomic mass is 10.2. The highest BCUT2D eigenvalue weighted by molar-refractivity contribution is 6.36. The Bertz CT molecular complexity index is 831. The molecular formula is C17H13Cl2N3O. The maximum Gasteiger partial charge on any atom is 0.258 e. The average molecular weight is 346 g/mol. The number of halogens is 2. The van der Waals surface area contributed by atoms with Crippen LogP contribution in [-0.4, -0.2) is 15.7 Å². The fourth-order valence-corrected chi connectivity index (χ4v) is 2.52. The molecule has 1 amide bonds. The van der Waals surface area contributed by atoms with Crippen LogP contribution in [0, 0.1) is 0 Å². The highest BCUT2D eigenvalue weighted by Crippen LogP contribution is 2.21. The number of hydrogen-bond acceptors (Lipinski definition) is 2. The second kappa shape index (κ2) is 6.86. The summed E-state index contributed by atoms with van der Waals surface area (Å²) in [5.41, 5.74) is 1.45. The van der Waals surface area contributed by atoms with Crippen LogP contribution in [0.15, 0.2) is 60.8 Å². The van der Waals surface area contributed by atoms with Crippen molar-refractivity contribution in [3.05, 3.63) is 82.0 Å². The summed E-state index contributed by atoms with van der Waals surface area (Å²) >= 11 is 11.9. The van der Waals surface area contributed by atoms with Crippen LogP contribution in [0.3, 0.4) is 0 Å². The topological polar surface area (TPSA) is 46.9 Å². The number of anilines is 1. The Kier molecular flexibility index (Phi) is 4.65. The first-order chi connectivity index (χ1) is 11.1. The van der Waals surface area contributed by atoms with Crippen LogP contribution in [0.25, 0.3) is 0 Å². The lowest BCUT2D eigenvalue weighted by Crippen LogP contribution is -2.13. The molecule has 0 unspecified atom stereocenters. The van der Waals surface area contributed by atoms with Crippen LogP contribution in [-0.2, 0) is 6.54 Å². The molecule has 0 atom stereocenters. The summed E-state index contributed by atoms with van der Waals surface area (Å²) in [4.78, 5) is 12.3. The Hall–Kier alpha value is -2.30. The number of nitrogens with one attached hydrogen (secondary N) is 1. The van der Waals surface area contributed by atoms with E-state index in [0.717, 1.165) is 5.56 Å². The van der Waals surface area contributed by atoms with Gasteiger partial charge in [-0.3, -0.25) is 9.48 Å². The third kappa shape index (κ3) is 3.92. The molecule has 0 radical (unpaired) electrons. The highest BCUT2D eigenvalue weighted by atomic mass is 35.5. The van der Waals surface area contributed by atoms with E-state index < -0.39 is 0 Å². The predicted molar refractivity (Wildman–Crippen MR) is 92.2 cm³/mol. The van der Waals surface area contributed by atoms with E-state index in [9.17, 15) is 4.79 Å². The molecule has 0 saturated carbocycles. The largest absolute Gasteiger partial charge is 0.305 e. The average Bonchev–Trinajstić information content (AvgIpc) is 2.97. The SMILES string of the molecule is O=C(Nc1ccn(Cc2ccccc2)n1)c1cc(Cl)ccc1Cl. The summed E-state index contributed by atoms with van der Waals surface area (Å²) in [5, 5.41) is 7.85. The first-order valence-corrected chi connectivity index (χ1v) is 7.71. The minimum Gasteiger partial charge on any atom is -0.305 e. The number of carbonyl (C=O) groups excluding carboxylic acids is 1. The Morgan fingerprint density at radius 1 is 1.09 bits per heavy atom. The summed E-state index contributed by atoms with van der Waals surface area (Å²) in [6.45, 7) is 0.634. The Morgan fingerprint density at radius 2 is 1.87 bits per heavy atom. The molecule has 6 heteroatoms. The van der Waals surface area contributed by atoms with Gasteiger partial charge in [-0.1, -0.05) is 53.5 Å². The van der Waals surface area contributed by atoms with E-state index in [-0.39, 0.29) is 5.91 Å². The molecular weight excluding hydrogens is 333 g/mol. The summed E-state index contributed by atoms with van der Waals surface area (Å²) < 4.78 is 1.75. The van der Waals surface area contributed by atoms with Gasteiger partial charge in [0.1, 0.15) is 0 Å². The summed E-state index contributed by atoms with van der Waals surface area (Å²) in [6, 6.07) is 16.4. The van der Waals surface area contributed by atoms with Crippen LogP contribution in [0.1, 0.15) is 15.9 Å². The van der Waals surface area contributed by atoms with Crippen LogP contribution < -0.4 is 5.32 Å². The van der Waals surface area contributed by atoms with Crippen molar-refractivity contribution < 1.29 is 4.79 Å². The zero-order valence-corrected chi connectivity index (χ0v) is 13.6. The van der Waals surface area contributed by atoms with Crippen molar-refractivity contribution in [1.82, 2.24) is 9.78 Å². The standard InChI is InChI=1S/C17H13Cl2N3O/c18-13-6-7-15(19)14(10-13)17(23)20-16-8-9-22(21-16)11-12-4-2-1-3-5-12/h1-10H,11H2,(H,20,21,23). The van der Waals surface area contributed by atoms with Crippen LogP contribution in [0.2, 0.25) is 10.0 Å². The molecule has 1 heterocycles. The molecule has 2 aromatic carbocycles. The number of nitrogens with zero attached hydrogens (tertiary/aromatic N) is 2. The minimum absolute atomic E-state index is 0.316. The van der Waals surface area contributed by atoms with Crippen LogP contribution in [0.4, 0.5) is 5.82 Å². The number of hydrogen-bond donors (Lipinski definition) is 1. The van der Waals surface area contributed by atoms with Crippen molar-refractivity contribution in [3.63, 3.8) is 0 Å². The molecule has 0 aliphatic rings. The Labute approximate surface area is 143 Å². The molecule has 3 aromatic rings. The van der Waals surface area contributed by atoms with Crippen molar-refractivity contribution in [2.24, 2.45) is 0 Å². The molecule has 116 valence electrons. The minimum atomic E-state index is -0.345. The third-order valence-electron chi connectivity index (χ3n) is 3.24. The van der Waals surface area contributed by atoms with Gasteiger partial charge in [0.2, 0.25) is 0 Å². The second-order valence-electron chi connectivity index (χ2n) is 4.96. The molecule has 1 aromatic heterocycles. The Balaban J connectivity index is 1.71. The Morgan fingerprint density at radius 3 is 2.65 bits per heavy atom. The number of rotatable bonds is 4. The first kappa shape index (κ1) is 15.6. The van der Waals surface area contributed by atoms with Gasteiger partial charge < -0.3 is 5.32 Å². The van der Waals surface area contributed by atoms with Gasteiger partial charge in [0.05, 0.1) is 17.1 Å². The smallest absolute Gasteiger partial charge is 0.258 e. The number of benzene rings is 2. The summed E-state index contributed by atoms with van der Waals surface area (Å²) in [6.07, 6.45) is 1.81. The summed E-state index contributed by atoms with van der Waals surface area (Å²) in [7, 11) is 0. The normalized spacial score (nSPS) is 10.5. The van der Waals surface area contributed by atoms with Gasteiger partial charge in [-0.15, -0.1) is 0 Å². The number of carbonyl (C=O) groups is 1. The molecule has 0 spiro atoms. The monoisotopic (exact) mass is 345 g/mol. The number of amides is 1. The van der Waals surface area contributed by atoms with Gasteiger partial charge in [-0.05, 0) is 23.8 Å². The van der Waals surface area contributed by atoms with E-state index in [2.05, 4.69) is 10.4 Å². The molecule has 0 fully saturated rings.